The third-order valence-electron chi connectivity index (χ3n) is 4.31. The molecule has 1 nitrogen and oxygen atoms in total. The molecular weight excluding hydrogens is 348 g/mol. The van der Waals surface area contributed by atoms with E-state index in [2.05, 4.69) is 54.2 Å². The van der Waals surface area contributed by atoms with E-state index in [1.54, 1.807) is 0 Å². The van der Waals surface area contributed by atoms with Crippen LogP contribution in [0, 0.1) is 23.5 Å². The van der Waals surface area contributed by atoms with Crippen molar-refractivity contribution in [1.29, 1.82) is 0 Å². The van der Waals surface area contributed by atoms with E-state index in [9.17, 15) is 8.78 Å². The van der Waals surface area contributed by atoms with E-state index < -0.39 is 17.3 Å². The Balaban J connectivity index is 1.87. The fourth-order valence-corrected chi connectivity index (χ4v) is 3.17. The molecule has 2 aromatic rings. The molecule has 0 spiro atoms. The summed E-state index contributed by atoms with van der Waals surface area (Å²) in [6.45, 7) is 2.19. The van der Waals surface area contributed by atoms with Crippen LogP contribution in [-0.2, 0) is 6.42 Å². The van der Waals surface area contributed by atoms with Crippen molar-refractivity contribution in [2.75, 3.05) is 0 Å². The first-order chi connectivity index (χ1) is 12.6. The molecule has 0 atom stereocenters. The highest BCUT2D eigenvalue weighted by atomic mass is 32.1. The van der Waals surface area contributed by atoms with Gasteiger partial charge in [0.1, 0.15) is 5.69 Å². The number of aryl methyl sites for hydroxylation is 1. The van der Waals surface area contributed by atoms with Crippen molar-refractivity contribution in [1.82, 2.24) is 0 Å². The second kappa shape index (κ2) is 8.19. The van der Waals surface area contributed by atoms with Gasteiger partial charge in [-0.25, -0.2) is 8.78 Å². The Morgan fingerprint density at radius 1 is 1.04 bits per heavy atom. The summed E-state index contributed by atoms with van der Waals surface area (Å²) in [6.07, 6.45) is 6.65. The number of aliphatic imine (C=N–C) groups is 1. The summed E-state index contributed by atoms with van der Waals surface area (Å²) in [5, 5.41) is 1.97. The van der Waals surface area contributed by atoms with Crippen molar-refractivity contribution in [2.45, 2.75) is 32.6 Å². The molecule has 3 rings (SSSR count). The van der Waals surface area contributed by atoms with Gasteiger partial charge in [-0.1, -0.05) is 42.9 Å². The first-order valence-corrected chi connectivity index (χ1v) is 8.93. The SMILES string of the molecule is CCCC1=Cc2ccc(C#Cc3cc(F)c(N=C=S)c(F)c3)cc2CC1. The molecule has 0 heterocycles. The summed E-state index contributed by atoms with van der Waals surface area (Å²) in [6, 6.07) is 8.36. The molecule has 0 radical (unpaired) electrons. The standard InChI is InChI=1S/C22H17F2NS/c1-2-3-15-6-8-19-11-16(7-9-18(19)10-15)4-5-17-12-20(23)22(25-14-26)21(24)13-17/h7,9-13H,2-3,6,8H2,1H3. The second-order valence-corrected chi connectivity index (χ2v) is 6.39. The second-order valence-electron chi connectivity index (χ2n) is 6.21. The minimum Gasteiger partial charge on any atom is -0.204 e. The Kier molecular flexibility index (Phi) is 5.73. The van der Waals surface area contributed by atoms with Gasteiger partial charge in [0.2, 0.25) is 0 Å². The first-order valence-electron chi connectivity index (χ1n) is 8.52. The lowest BCUT2D eigenvalue weighted by atomic mass is 9.89. The maximum absolute atomic E-state index is 13.9. The molecule has 0 fully saturated rings. The molecule has 0 aromatic heterocycles. The van der Waals surface area contributed by atoms with Crippen molar-refractivity contribution in [3.63, 3.8) is 0 Å². The van der Waals surface area contributed by atoms with Gasteiger partial charge in [-0.15, -0.1) is 0 Å². The van der Waals surface area contributed by atoms with Gasteiger partial charge in [-0.05, 0) is 66.9 Å². The van der Waals surface area contributed by atoms with Crippen LogP contribution in [-0.4, -0.2) is 5.16 Å². The van der Waals surface area contributed by atoms with Gasteiger partial charge in [0.15, 0.2) is 11.6 Å². The molecule has 1 aliphatic carbocycles. The molecule has 130 valence electrons. The number of benzene rings is 2. The fraction of sp³-hybridized carbons (Fsp3) is 0.227. The average Bonchev–Trinajstić information content (AvgIpc) is 2.63. The summed E-state index contributed by atoms with van der Waals surface area (Å²) >= 11 is 4.39. The number of fused-ring (bicyclic) bond motifs is 1. The van der Waals surface area contributed by atoms with Gasteiger partial charge in [0.25, 0.3) is 0 Å². The van der Waals surface area contributed by atoms with Crippen LogP contribution in [0.1, 0.15) is 48.4 Å². The highest BCUT2D eigenvalue weighted by molar-refractivity contribution is 7.78. The van der Waals surface area contributed by atoms with Crippen LogP contribution >= 0.6 is 12.2 Å². The molecule has 2 aromatic carbocycles. The molecule has 0 saturated heterocycles. The Morgan fingerprint density at radius 3 is 2.46 bits per heavy atom. The zero-order chi connectivity index (χ0) is 18.5. The highest BCUT2D eigenvalue weighted by Gasteiger charge is 2.11. The van der Waals surface area contributed by atoms with E-state index in [0.717, 1.165) is 43.4 Å². The van der Waals surface area contributed by atoms with E-state index in [-0.39, 0.29) is 5.56 Å². The van der Waals surface area contributed by atoms with Crippen LogP contribution in [0.3, 0.4) is 0 Å². The number of allylic oxidation sites excluding steroid dienone is 1. The Labute approximate surface area is 157 Å². The van der Waals surface area contributed by atoms with E-state index >= 15 is 0 Å². The van der Waals surface area contributed by atoms with Gasteiger partial charge < -0.3 is 0 Å². The highest BCUT2D eigenvalue weighted by Crippen LogP contribution is 2.27. The molecule has 1 aliphatic rings. The molecule has 0 N–H and O–H groups in total. The van der Waals surface area contributed by atoms with Gasteiger partial charge in [-0.3, -0.25) is 0 Å². The maximum atomic E-state index is 13.9. The number of hydrogen-bond acceptors (Lipinski definition) is 2. The van der Waals surface area contributed by atoms with E-state index in [0.29, 0.717) is 0 Å². The molecule has 26 heavy (non-hydrogen) atoms. The number of thiocarbonyl (C=S) groups is 1. The molecule has 0 bridgehead atoms. The zero-order valence-electron chi connectivity index (χ0n) is 14.4. The van der Waals surface area contributed by atoms with Gasteiger partial charge in [-0.2, -0.15) is 4.99 Å². The minimum atomic E-state index is -0.800. The van der Waals surface area contributed by atoms with Crippen molar-refractivity contribution in [3.8, 4) is 11.8 Å². The number of halogens is 2. The van der Waals surface area contributed by atoms with Crippen molar-refractivity contribution in [2.24, 2.45) is 4.99 Å². The lowest BCUT2D eigenvalue weighted by Crippen LogP contribution is -1.99. The van der Waals surface area contributed by atoms with E-state index in [1.165, 1.54) is 16.7 Å². The zero-order valence-corrected chi connectivity index (χ0v) is 15.2. The monoisotopic (exact) mass is 365 g/mol. The molecule has 4 heteroatoms. The molecular formula is C22H17F2NS. The largest absolute Gasteiger partial charge is 0.204 e. The van der Waals surface area contributed by atoms with Crippen LogP contribution < -0.4 is 0 Å². The van der Waals surface area contributed by atoms with E-state index in [1.807, 2.05) is 11.2 Å². The summed E-state index contributed by atoms with van der Waals surface area (Å²) in [5.41, 5.74) is 4.64. The van der Waals surface area contributed by atoms with Crippen LogP contribution in [0.25, 0.3) is 6.08 Å². The van der Waals surface area contributed by atoms with Crippen molar-refractivity contribution >= 4 is 29.1 Å². The lowest BCUT2D eigenvalue weighted by Gasteiger charge is -2.16. The van der Waals surface area contributed by atoms with Crippen molar-refractivity contribution in [3.05, 3.63) is 69.8 Å². The van der Waals surface area contributed by atoms with Crippen LogP contribution in [0.4, 0.5) is 14.5 Å². The number of rotatable bonds is 3. The molecule has 0 aliphatic heterocycles. The van der Waals surface area contributed by atoms with Crippen LogP contribution in [0.2, 0.25) is 0 Å². The number of nitrogens with zero attached hydrogens (tertiary/aromatic N) is 1. The minimum absolute atomic E-state index is 0.256. The smallest absolute Gasteiger partial charge is 0.153 e. The maximum Gasteiger partial charge on any atom is 0.153 e. The fourth-order valence-electron chi connectivity index (χ4n) is 3.08. The van der Waals surface area contributed by atoms with Gasteiger partial charge in [0, 0.05) is 11.1 Å². The molecule has 0 saturated carbocycles. The predicted octanol–water partition coefficient (Wildman–Crippen LogP) is 6.23. The lowest BCUT2D eigenvalue weighted by molar-refractivity contribution is 0.587. The molecule has 0 unspecified atom stereocenters. The summed E-state index contributed by atoms with van der Waals surface area (Å²) in [4.78, 5) is 3.39. The molecule has 0 amide bonds. The van der Waals surface area contributed by atoms with Crippen LogP contribution in [0.15, 0.2) is 40.9 Å². The number of isothiocyanates is 1. The topological polar surface area (TPSA) is 12.4 Å². The van der Waals surface area contributed by atoms with E-state index in [4.69, 9.17) is 0 Å². The average molecular weight is 365 g/mol. The Bertz CT molecular complexity index is 966. The summed E-state index contributed by atoms with van der Waals surface area (Å²) < 4.78 is 27.7. The predicted molar refractivity (Wildman–Crippen MR) is 105 cm³/mol. The normalized spacial score (nSPS) is 12.3. The summed E-state index contributed by atoms with van der Waals surface area (Å²) in [7, 11) is 0. The first kappa shape index (κ1) is 18.2. The third-order valence-corrected chi connectivity index (χ3v) is 4.41. The Hall–Kier alpha value is -2.60. The summed E-state index contributed by atoms with van der Waals surface area (Å²) in [5.74, 6) is 4.20. The van der Waals surface area contributed by atoms with Gasteiger partial charge >= 0.3 is 0 Å². The Morgan fingerprint density at radius 2 is 1.77 bits per heavy atom. The quantitative estimate of drug-likeness (QED) is 0.357. The van der Waals surface area contributed by atoms with Crippen LogP contribution in [0.5, 0.6) is 0 Å². The van der Waals surface area contributed by atoms with Gasteiger partial charge in [0.05, 0.1) is 5.16 Å². The number of hydrogen-bond donors (Lipinski definition) is 0. The van der Waals surface area contributed by atoms with Crippen molar-refractivity contribution < 1.29 is 8.78 Å². The third kappa shape index (κ3) is 4.14.